The highest BCUT2D eigenvalue weighted by molar-refractivity contribution is 9.10. The molecule has 0 fully saturated rings. The summed E-state index contributed by atoms with van der Waals surface area (Å²) in [6.45, 7) is 0.724. The van der Waals surface area contributed by atoms with Crippen molar-refractivity contribution in [1.29, 1.82) is 0 Å². The van der Waals surface area contributed by atoms with Crippen LogP contribution in [0.4, 0.5) is 14.5 Å². The fourth-order valence-electron chi connectivity index (χ4n) is 2.39. The van der Waals surface area contributed by atoms with Gasteiger partial charge in [0.2, 0.25) is 0 Å². The Bertz CT molecular complexity index is 903. The summed E-state index contributed by atoms with van der Waals surface area (Å²) in [6.07, 6.45) is 0. The maximum Gasteiger partial charge on any atom is 0.124 e. The van der Waals surface area contributed by atoms with E-state index >= 15 is 0 Å². The second-order valence-corrected chi connectivity index (χ2v) is 6.96. The monoisotopic (exact) mass is 437 g/mol. The van der Waals surface area contributed by atoms with Gasteiger partial charge in [0.25, 0.3) is 0 Å². The lowest BCUT2D eigenvalue weighted by Gasteiger charge is -2.14. The van der Waals surface area contributed by atoms with Gasteiger partial charge in [-0.25, -0.2) is 8.78 Å². The van der Waals surface area contributed by atoms with Crippen molar-refractivity contribution in [2.75, 3.05) is 5.32 Å². The predicted octanol–water partition coefficient (Wildman–Crippen LogP) is 6.57. The summed E-state index contributed by atoms with van der Waals surface area (Å²) in [5.41, 5.74) is 2.43. The number of hydrogen-bond acceptors (Lipinski definition) is 2. The van der Waals surface area contributed by atoms with Crippen LogP contribution in [0.3, 0.4) is 0 Å². The van der Waals surface area contributed by atoms with Gasteiger partial charge >= 0.3 is 0 Å². The van der Waals surface area contributed by atoms with Crippen molar-refractivity contribution >= 4 is 33.2 Å². The van der Waals surface area contributed by atoms with Crippen LogP contribution in [0, 0.1) is 11.6 Å². The van der Waals surface area contributed by atoms with Crippen LogP contribution < -0.4 is 10.1 Å². The lowest BCUT2D eigenvalue weighted by Crippen LogP contribution is -2.04. The first kappa shape index (κ1) is 18.7. The highest BCUT2D eigenvalue weighted by Crippen LogP contribution is 2.26. The van der Waals surface area contributed by atoms with Crippen molar-refractivity contribution in [1.82, 2.24) is 0 Å². The first-order chi connectivity index (χ1) is 12.5. The van der Waals surface area contributed by atoms with Gasteiger partial charge in [0, 0.05) is 27.8 Å². The van der Waals surface area contributed by atoms with Crippen LogP contribution in [0.1, 0.15) is 11.1 Å². The molecule has 1 N–H and O–H groups in total. The minimum atomic E-state index is -0.383. The molecule has 0 unspecified atom stereocenters. The van der Waals surface area contributed by atoms with Crippen LogP contribution in [0.2, 0.25) is 5.02 Å². The number of halogens is 4. The SMILES string of the molecule is Fc1ccc(NCc2cc(Br)ccc2OCc2ccc(F)cc2Cl)cc1. The molecule has 3 aromatic carbocycles. The van der Waals surface area contributed by atoms with Crippen molar-refractivity contribution in [3.05, 3.63) is 92.9 Å². The molecule has 0 spiro atoms. The second-order valence-electron chi connectivity index (χ2n) is 5.64. The molecule has 0 radical (unpaired) electrons. The van der Waals surface area contributed by atoms with E-state index in [0.29, 0.717) is 22.9 Å². The third-order valence-electron chi connectivity index (χ3n) is 3.75. The molecule has 134 valence electrons. The maximum atomic E-state index is 13.1. The summed E-state index contributed by atoms with van der Waals surface area (Å²) in [6, 6.07) is 16.0. The van der Waals surface area contributed by atoms with E-state index in [-0.39, 0.29) is 18.2 Å². The summed E-state index contributed by atoms with van der Waals surface area (Å²) >= 11 is 9.50. The summed E-state index contributed by atoms with van der Waals surface area (Å²) in [5.74, 6) is 0.0213. The zero-order valence-electron chi connectivity index (χ0n) is 13.6. The minimum Gasteiger partial charge on any atom is -0.488 e. The van der Waals surface area contributed by atoms with E-state index < -0.39 is 0 Å². The molecular formula is C20H15BrClF2NO. The molecule has 0 aliphatic heterocycles. The maximum absolute atomic E-state index is 13.1. The molecule has 0 atom stereocenters. The fraction of sp³-hybridized carbons (Fsp3) is 0.100. The Morgan fingerprint density at radius 1 is 0.885 bits per heavy atom. The van der Waals surface area contributed by atoms with Gasteiger partial charge in [-0.05, 0) is 54.6 Å². The average Bonchev–Trinajstić information content (AvgIpc) is 2.62. The van der Waals surface area contributed by atoms with Crippen LogP contribution in [0.25, 0.3) is 0 Å². The highest BCUT2D eigenvalue weighted by atomic mass is 79.9. The number of rotatable bonds is 6. The Labute approximate surface area is 163 Å². The number of anilines is 1. The average molecular weight is 439 g/mol. The van der Waals surface area contributed by atoms with E-state index in [1.807, 2.05) is 18.2 Å². The molecule has 3 aromatic rings. The van der Waals surface area contributed by atoms with E-state index in [2.05, 4.69) is 21.2 Å². The Hall–Kier alpha value is -2.11. The third kappa shape index (κ3) is 4.96. The molecule has 0 amide bonds. The zero-order valence-corrected chi connectivity index (χ0v) is 15.9. The number of ether oxygens (including phenoxy) is 1. The Kier molecular flexibility index (Phi) is 6.12. The highest BCUT2D eigenvalue weighted by Gasteiger charge is 2.08. The molecule has 0 heterocycles. The molecule has 0 saturated carbocycles. The third-order valence-corrected chi connectivity index (χ3v) is 4.59. The van der Waals surface area contributed by atoms with Gasteiger partial charge in [-0.3, -0.25) is 0 Å². The normalized spacial score (nSPS) is 10.6. The van der Waals surface area contributed by atoms with Gasteiger partial charge < -0.3 is 10.1 Å². The van der Waals surface area contributed by atoms with Gasteiger partial charge in [0.05, 0.1) is 5.02 Å². The Morgan fingerprint density at radius 2 is 1.62 bits per heavy atom. The largest absolute Gasteiger partial charge is 0.488 e. The van der Waals surface area contributed by atoms with E-state index in [9.17, 15) is 8.78 Å². The van der Waals surface area contributed by atoms with E-state index in [4.69, 9.17) is 16.3 Å². The second kappa shape index (κ2) is 8.52. The molecule has 0 aliphatic carbocycles. The van der Waals surface area contributed by atoms with Gasteiger partial charge in [0.1, 0.15) is 24.0 Å². The fourth-order valence-corrected chi connectivity index (χ4v) is 3.02. The Morgan fingerprint density at radius 3 is 2.35 bits per heavy atom. The lowest BCUT2D eigenvalue weighted by molar-refractivity contribution is 0.303. The first-order valence-corrected chi connectivity index (χ1v) is 9.03. The molecule has 6 heteroatoms. The van der Waals surface area contributed by atoms with Crippen molar-refractivity contribution in [2.24, 2.45) is 0 Å². The lowest BCUT2D eigenvalue weighted by atomic mass is 10.2. The molecule has 0 aromatic heterocycles. The van der Waals surface area contributed by atoms with Crippen LogP contribution in [0.15, 0.2) is 65.1 Å². The molecule has 0 aliphatic rings. The number of benzene rings is 3. The molecule has 0 saturated heterocycles. The van der Waals surface area contributed by atoms with E-state index in [0.717, 1.165) is 15.7 Å². The molecule has 3 rings (SSSR count). The van der Waals surface area contributed by atoms with E-state index in [1.54, 1.807) is 18.2 Å². The number of hydrogen-bond donors (Lipinski definition) is 1. The summed E-state index contributed by atoms with van der Waals surface area (Å²) in [5, 5.41) is 3.56. The molecular weight excluding hydrogens is 424 g/mol. The zero-order chi connectivity index (χ0) is 18.5. The van der Waals surface area contributed by atoms with Gasteiger partial charge in [-0.1, -0.05) is 33.6 Å². The van der Waals surface area contributed by atoms with E-state index in [1.165, 1.54) is 24.3 Å². The summed E-state index contributed by atoms with van der Waals surface area (Å²) in [7, 11) is 0. The van der Waals surface area contributed by atoms with Crippen molar-refractivity contribution in [2.45, 2.75) is 13.2 Å². The first-order valence-electron chi connectivity index (χ1n) is 7.86. The molecule has 0 bridgehead atoms. The quantitative estimate of drug-likeness (QED) is 0.470. The minimum absolute atomic E-state index is 0.226. The topological polar surface area (TPSA) is 21.3 Å². The van der Waals surface area contributed by atoms with Gasteiger partial charge in [-0.15, -0.1) is 0 Å². The Balaban J connectivity index is 1.71. The standard InChI is InChI=1S/C20H15BrClF2NO/c21-15-2-8-20(26-12-13-1-3-17(24)10-19(13)22)14(9-15)11-25-18-6-4-16(23)5-7-18/h1-10,25H,11-12H2. The predicted molar refractivity (Wildman–Crippen MR) is 104 cm³/mol. The summed E-state index contributed by atoms with van der Waals surface area (Å²) in [4.78, 5) is 0. The smallest absolute Gasteiger partial charge is 0.124 e. The molecule has 26 heavy (non-hydrogen) atoms. The van der Waals surface area contributed by atoms with Crippen LogP contribution in [-0.4, -0.2) is 0 Å². The molecule has 2 nitrogen and oxygen atoms in total. The summed E-state index contributed by atoms with van der Waals surface area (Å²) < 4.78 is 32.9. The number of nitrogens with one attached hydrogen (secondary N) is 1. The van der Waals surface area contributed by atoms with Crippen LogP contribution >= 0.6 is 27.5 Å². The van der Waals surface area contributed by atoms with Crippen molar-refractivity contribution < 1.29 is 13.5 Å². The van der Waals surface area contributed by atoms with Crippen molar-refractivity contribution in [3.8, 4) is 5.75 Å². The van der Waals surface area contributed by atoms with Crippen LogP contribution in [-0.2, 0) is 13.2 Å². The van der Waals surface area contributed by atoms with Gasteiger partial charge in [0.15, 0.2) is 0 Å². The van der Waals surface area contributed by atoms with Crippen LogP contribution in [0.5, 0.6) is 5.75 Å². The van der Waals surface area contributed by atoms with Gasteiger partial charge in [-0.2, -0.15) is 0 Å². The van der Waals surface area contributed by atoms with Crippen molar-refractivity contribution in [3.63, 3.8) is 0 Å².